The van der Waals surface area contributed by atoms with Crippen molar-refractivity contribution in [3.05, 3.63) is 0 Å². The van der Waals surface area contributed by atoms with Crippen LogP contribution in [0, 0.1) is 33.5 Å². The Bertz CT molecular complexity index is 368. The fourth-order valence-corrected chi connectivity index (χ4v) is 1.44. The number of rotatable bonds is 9. The van der Waals surface area contributed by atoms with E-state index < -0.39 is 0 Å². The summed E-state index contributed by atoms with van der Waals surface area (Å²) in [5.41, 5.74) is -0.602. The molecular formula is C14H24N6. The van der Waals surface area contributed by atoms with Gasteiger partial charge >= 0.3 is 0 Å². The predicted molar refractivity (Wildman–Crippen MR) is 76.7 cm³/mol. The maximum Gasteiger partial charge on any atom is 0.0683 e. The van der Waals surface area contributed by atoms with Crippen LogP contribution in [0.15, 0.2) is 20.7 Å². The van der Waals surface area contributed by atoms with Crippen molar-refractivity contribution in [2.45, 2.75) is 53.4 Å². The summed E-state index contributed by atoms with van der Waals surface area (Å²) in [5.74, 6) is 0. The van der Waals surface area contributed by atoms with E-state index in [1.54, 1.807) is 0 Å². The molecular weight excluding hydrogens is 252 g/mol. The van der Waals surface area contributed by atoms with E-state index in [-0.39, 0.29) is 10.8 Å². The Labute approximate surface area is 121 Å². The van der Waals surface area contributed by atoms with E-state index in [9.17, 15) is 0 Å². The SMILES string of the molecule is CC(C)(C#N)CCCN=NN=NCCCC(C)(C)C#N. The largest absolute Gasteiger partial charge is 0.198 e. The van der Waals surface area contributed by atoms with Crippen LogP contribution < -0.4 is 0 Å². The number of nitriles is 2. The second kappa shape index (κ2) is 9.14. The Hall–Kier alpha value is -1.82. The van der Waals surface area contributed by atoms with Crippen molar-refractivity contribution in [2.24, 2.45) is 31.5 Å². The van der Waals surface area contributed by atoms with Crippen molar-refractivity contribution < 1.29 is 0 Å². The van der Waals surface area contributed by atoms with E-state index in [2.05, 4.69) is 32.8 Å². The van der Waals surface area contributed by atoms with E-state index in [0.717, 1.165) is 25.7 Å². The molecule has 0 bridgehead atoms. The molecule has 0 unspecified atom stereocenters. The molecule has 6 nitrogen and oxygen atoms in total. The molecule has 0 aromatic heterocycles. The zero-order valence-corrected chi connectivity index (χ0v) is 12.9. The highest BCUT2D eigenvalue weighted by Gasteiger charge is 2.15. The third-order valence-corrected chi connectivity index (χ3v) is 2.89. The molecule has 0 radical (unpaired) electrons. The average molecular weight is 276 g/mol. The smallest absolute Gasteiger partial charge is 0.0683 e. The Morgan fingerprint density at radius 1 is 0.750 bits per heavy atom. The Morgan fingerprint density at radius 2 is 1.10 bits per heavy atom. The molecule has 110 valence electrons. The highest BCUT2D eigenvalue weighted by molar-refractivity contribution is 4.91. The molecule has 0 spiro atoms. The minimum absolute atomic E-state index is 0.301. The normalized spacial score (nSPS) is 12.7. The molecule has 0 aliphatic heterocycles. The first-order valence-electron chi connectivity index (χ1n) is 6.89. The molecule has 0 saturated carbocycles. The van der Waals surface area contributed by atoms with Gasteiger partial charge in [0, 0.05) is 0 Å². The zero-order chi connectivity index (χ0) is 15.5. The molecule has 0 N–H and O–H groups in total. The van der Waals surface area contributed by atoms with Crippen molar-refractivity contribution >= 4 is 0 Å². The summed E-state index contributed by atoms with van der Waals surface area (Å²) in [6.07, 6.45) is 3.22. The molecule has 6 heteroatoms. The summed E-state index contributed by atoms with van der Waals surface area (Å²) in [6, 6.07) is 4.49. The van der Waals surface area contributed by atoms with E-state index in [0.29, 0.717) is 13.1 Å². The standard InChI is InChI=1S/C14H24N6/c1-13(2,11-15)7-5-9-17-19-20-18-10-6-8-14(3,4)12-16/h5-10H2,1-4H3. The first kappa shape index (κ1) is 18.2. The van der Waals surface area contributed by atoms with Crippen LogP contribution in [-0.4, -0.2) is 13.1 Å². The van der Waals surface area contributed by atoms with Crippen molar-refractivity contribution in [3.8, 4) is 12.1 Å². The van der Waals surface area contributed by atoms with Gasteiger partial charge in [0.05, 0.1) is 36.1 Å². The van der Waals surface area contributed by atoms with Crippen LogP contribution in [-0.2, 0) is 0 Å². The third kappa shape index (κ3) is 10.1. The molecule has 0 saturated heterocycles. The first-order chi connectivity index (χ1) is 9.33. The quantitative estimate of drug-likeness (QED) is 0.353. The summed E-state index contributed by atoms with van der Waals surface area (Å²) in [6.45, 7) is 8.76. The molecule has 0 atom stereocenters. The topological polar surface area (TPSA) is 97.0 Å². The van der Waals surface area contributed by atoms with Gasteiger partial charge in [0.25, 0.3) is 0 Å². The summed E-state index contributed by atoms with van der Waals surface area (Å²) in [4.78, 5) is 0. The fourth-order valence-electron chi connectivity index (χ4n) is 1.44. The van der Waals surface area contributed by atoms with Gasteiger partial charge in [0.15, 0.2) is 0 Å². The van der Waals surface area contributed by atoms with Crippen molar-refractivity contribution in [3.63, 3.8) is 0 Å². The van der Waals surface area contributed by atoms with Gasteiger partial charge < -0.3 is 0 Å². The first-order valence-corrected chi connectivity index (χ1v) is 6.89. The number of hydrogen-bond donors (Lipinski definition) is 0. The van der Waals surface area contributed by atoms with Crippen molar-refractivity contribution in [2.75, 3.05) is 13.1 Å². The van der Waals surface area contributed by atoms with Gasteiger partial charge in [-0.1, -0.05) is 0 Å². The van der Waals surface area contributed by atoms with E-state index in [4.69, 9.17) is 10.5 Å². The molecule has 0 amide bonds. The van der Waals surface area contributed by atoms with Crippen LogP contribution in [0.1, 0.15) is 53.4 Å². The van der Waals surface area contributed by atoms with E-state index in [1.807, 2.05) is 27.7 Å². The Morgan fingerprint density at radius 3 is 1.40 bits per heavy atom. The van der Waals surface area contributed by atoms with Gasteiger partial charge in [0.2, 0.25) is 0 Å². The molecule has 0 aliphatic carbocycles. The Balaban J connectivity index is 3.65. The monoisotopic (exact) mass is 276 g/mol. The van der Waals surface area contributed by atoms with Gasteiger partial charge in [-0.25, -0.2) is 0 Å². The Kier molecular flexibility index (Phi) is 8.31. The van der Waals surface area contributed by atoms with Gasteiger partial charge in [-0.15, -0.1) is 0 Å². The molecule has 0 fully saturated rings. The van der Waals surface area contributed by atoms with Crippen LogP contribution in [0.2, 0.25) is 0 Å². The molecule has 0 aromatic rings. The lowest BCUT2D eigenvalue weighted by Crippen LogP contribution is -2.07. The molecule has 0 rings (SSSR count). The van der Waals surface area contributed by atoms with Crippen molar-refractivity contribution in [1.82, 2.24) is 0 Å². The van der Waals surface area contributed by atoms with E-state index in [1.165, 1.54) is 0 Å². The fraction of sp³-hybridized carbons (Fsp3) is 0.857. The molecule has 0 aliphatic rings. The van der Waals surface area contributed by atoms with Gasteiger partial charge in [-0.05, 0) is 63.8 Å². The molecule has 0 aromatic carbocycles. The lowest BCUT2D eigenvalue weighted by atomic mass is 9.90. The van der Waals surface area contributed by atoms with Crippen LogP contribution in [0.5, 0.6) is 0 Å². The lowest BCUT2D eigenvalue weighted by Gasteiger charge is -2.12. The van der Waals surface area contributed by atoms with Crippen LogP contribution in [0.25, 0.3) is 0 Å². The van der Waals surface area contributed by atoms with Crippen molar-refractivity contribution in [1.29, 1.82) is 10.5 Å². The lowest BCUT2D eigenvalue weighted by molar-refractivity contribution is 0.434. The van der Waals surface area contributed by atoms with Gasteiger partial charge in [-0.3, -0.25) is 0 Å². The highest BCUT2D eigenvalue weighted by Crippen LogP contribution is 2.21. The summed E-state index contributed by atoms with van der Waals surface area (Å²) >= 11 is 0. The predicted octanol–water partition coefficient (Wildman–Crippen LogP) is 4.47. The van der Waals surface area contributed by atoms with Crippen LogP contribution >= 0.6 is 0 Å². The number of hydrogen-bond acceptors (Lipinski definition) is 4. The maximum absolute atomic E-state index is 8.83. The van der Waals surface area contributed by atoms with Crippen LogP contribution in [0.3, 0.4) is 0 Å². The minimum atomic E-state index is -0.301. The average Bonchev–Trinajstić information content (AvgIpc) is 2.41. The summed E-state index contributed by atoms with van der Waals surface area (Å²) in [7, 11) is 0. The summed E-state index contributed by atoms with van der Waals surface area (Å²) in [5, 5.41) is 32.6. The second-order valence-electron chi connectivity index (χ2n) is 6.11. The zero-order valence-electron chi connectivity index (χ0n) is 12.9. The molecule has 20 heavy (non-hydrogen) atoms. The van der Waals surface area contributed by atoms with Crippen LogP contribution in [0.4, 0.5) is 0 Å². The summed E-state index contributed by atoms with van der Waals surface area (Å²) < 4.78 is 0. The highest BCUT2D eigenvalue weighted by atomic mass is 15.5. The second-order valence-corrected chi connectivity index (χ2v) is 6.11. The van der Waals surface area contributed by atoms with Gasteiger partial charge in [0.1, 0.15) is 0 Å². The van der Waals surface area contributed by atoms with E-state index >= 15 is 0 Å². The van der Waals surface area contributed by atoms with Gasteiger partial charge in [-0.2, -0.15) is 20.8 Å². The maximum atomic E-state index is 8.83. The molecule has 0 heterocycles. The number of nitrogens with zero attached hydrogens (tertiary/aromatic N) is 6. The minimum Gasteiger partial charge on any atom is -0.198 e. The third-order valence-electron chi connectivity index (χ3n) is 2.89.